The first kappa shape index (κ1) is 15.0. The number of alkyl halides is 3. The van der Waals surface area contributed by atoms with Gasteiger partial charge in [0.1, 0.15) is 6.54 Å². The minimum Gasteiger partial charge on any atom is -0.450 e. The topological polar surface area (TPSA) is 50.4 Å². The normalized spacial score (nSPS) is 11.6. The molecule has 16 heavy (non-hydrogen) atoms. The fourth-order valence-corrected chi connectivity index (χ4v) is 0.851. The van der Waals surface area contributed by atoms with Crippen LogP contribution in [0.25, 0.3) is 0 Å². The van der Waals surface area contributed by atoms with E-state index in [1.165, 1.54) is 0 Å². The third kappa shape index (κ3) is 11.1. The number of carbonyl (C=O) groups is 1. The zero-order valence-electron chi connectivity index (χ0n) is 9.36. The second kappa shape index (κ2) is 7.32. The number of hydrogen-bond acceptors (Lipinski definition) is 3. The Kier molecular flexibility index (Phi) is 6.87. The molecule has 0 aliphatic carbocycles. The third-order valence-electron chi connectivity index (χ3n) is 1.54. The molecule has 0 aliphatic rings. The SMILES string of the molecule is CC(C)NCCCOC(=O)NCC(F)(F)F. The van der Waals surface area contributed by atoms with Crippen LogP contribution in [0, 0.1) is 0 Å². The fourth-order valence-electron chi connectivity index (χ4n) is 0.851. The first-order valence-electron chi connectivity index (χ1n) is 5.02. The van der Waals surface area contributed by atoms with E-state index in [1.807, 2.05) is 13.8 Å². The number of alkyl carbamates (subject to hydrolysis) is 1. The van der Waals surface area contributed by atoms with Crippen LogP contribution in [0.1, 0.15) is 20.3 Å². The molecule has 7 heteroatoms. The molecule has 0 fully saturated rings. The molecule has 0 aromatic carbocycles. The summed E-state index contributed by atoms with van der Waals surface area (Å²) in [5.41, 5.74) is 0. The molecule has 0 aliphatic heterocycles. The molecular formula is C9H17F3N2O2. The Bertz CT molecular complexity index is 207. The number of hydrogen-bond donors (Lipinski definition) is 2. The molecule has 0 spiro atoms. The maximum absolute atomic E-state index is 11.7. The summed E-state index contributed by atoms with van der Waals surface area (Å²) in [7, 11) is 0. The molecule has 0 aromatic heterocycles. The number of halogens is 3. The quantitative estimate of drug-likeness (QED) is 0.696. The lowest BCUT2D eigenvalue weighted by Gasteiger charge is -2.10. The van der Waals surface area contributed by atoms with Crippen molar-refractivity contribution in [1.82, 2.24) is 10.6 Å². The highest BCUT2D eigenvalue weighted by Gasteiger charge is 2.27. The number of carbonyl (C=O) groups excluding carboxylic acids is 1. The predicted molar refractivity (Wildman–Crippen MR) is 53.2 cm³/mol. The maximum Gasteiger partial charge on any atom is 0.407 e. The average Bonchev–Trinajstić information content (AvgIpc) is 2.12. The molecule has 0 aromatic rings. The molecule has 0 saturated heterocycles. The summed E-state index contributed by atoms with van der Waals surface area (Å²) in [4.78, 5) is 10.7. The number of amides is 1. The van der Waals surface area contributed by atoms with E-state index in [0.717, 1.165) is 0 Å². The molecule has 2 N–H and O–H groups in total. The Morgan fingerprint density at radius 3 is 2.50 bits per heavy atom. The molecular weight excluding hydrogens is 225 g/mol. The summed E-state index contributed by atoms with van der Waals surface area (Å²) >= 11 is 0. The molecule has 0 saturated carbocycles. The summed E-state index contributed by atoms with van der Waals surface area (Å²) in [5, 5.41) is 4.70. The van der Waals surface area contributed by atoms with E-state index in [1.54, 1.807) is 5.32 Å². The van der Waals surface area contributed by atoms with Gasteiger partial charge in [-0.05, 0) is 13.0 Å². The highest BCUT2D eigenvalue weighted by atomic mass is 19.4. The fraction of sp³-hybridized carbons (Fsp3) is 0.889. The molecule has 1 amide bonds. The van der Waals surface area contributed by atoms with Crippen LogP contribution in [0.15, 0.2) is 0 Å². The van der Waals surface area contributed by atoms with E-state index < -0.39 is 18.8 Å². The van der Waals surface area contributed by atoms with Gasteiger partial charge in [0.25, 0.3) is 0 Å². The second-order valence-electron chi connectivity index (χ2n) is 3.57. The molecule has 0 rings (SSSR count). The van der Waals surface area contributed by atoms with E-state index in [2.05, 4.69) is 10.1 Å². The summed E-state index contributed by atoms with van der Waals surface area (Å²) in [6, 6.07) is 0.332. The zero-order chi connectivity index (χ0) is 12.6. The van der Waals surface area contributed by atoms with Crippen molar-refractivity contribution in [2.75, 3.05) is 19.7 Å². The van der Waals surface area contributed by atoms with Crippen molar-refractivity contribution in [2.24, 2.45) is 0 Å². The molecule has 0 radical (unpaired) electrons. The minimum absolute atomic E-state index is 0.101. The largest absolute Gasteiger partial charge is 0.450 e. The lowest BCUT2D eigenvalue weighted by Crippen LogP contribution is -2.34. The van der Waals surface area contributed by atoms with Crippen LogP contribution in [0.3, 0.4) is 0 Å². The first-order valence-corrected chi connectivity index (χ1v) is 5.02. The van der Waals surface area contributed by atoms with Gasteiger partial charge in [-0.2, -0.15) is 13.2 Å². The van der Waals surface area contributed by atoms with Gasteiger partial charge in [0.05, 0.1) is 6.61 Å². The van der Waals surface area contributed by atoms with Crippen molar-refractivity contribution in [2.45, 2.75) is 32.5 Å². The van der Waals surface area contributed by atoms with E-state index in [0.29, 0.717) is 19.0 Å². The average molecular weight is 242 g/mol. The molecule has 0 bridgehead atoms. The van der Waals surface area contributed by atoms with Crippen molar-refractivity contribution in [3.63, 3.8) is 0 Å². The molecule has 96 valence electrons. The van der Waals surface area contributed by atoms with Crippen molar-refractivity contribution in [3.8, 4) is 0 Å². The van der Waals surface area contributed by atoms with Crippen molar-refractivity contribution in [3.05, 3.63) is 0 Å². The predicted octanol–water partition coefficient (Wildman–Crippen LogP) is 1.66. The van der Waals surface area contributed by atoms with E-state index in [4.69, 9.17) is 0 Å². The maximum atomic E-state index is 11.7. The monoisotopic (exact) mass is 242 g/mol. The summed E-state index contributed by atoms with van der Waals surface area (Å²) in [6.45, 7) is 3.33. The van der Waals surface area contributed by atoms with Crippen molar-refractivity contribution in [1.29, 1.82) is 0 Å². The number of rotatable bonds is 6. The Balaban J connectivity index is 3.38. The molecule has 0 heterocycles. The summed E-state index contributed by atoms with van der Waals surface area (Å²) < 4.78 is 39.5. The molecule has 0 unspecified atom stereocenters. The molecule has 0 atom stereocenters. The smallest absolute Gasteiger partial charge is 0.407 e. The van der Waals surface area contributed by atoms with Crippen molar-refractivity contribution >= 4 is 6.09 Å². The number of nitrogens with one attached hydrogen (secondary N) is 2. The van der Waals surface area contributed by atoms with Gasteiger partial charge in [0.2, 0.25) is 0 Å². The highest BCUT2D eigenvalue weighted by molar-refractivity contribution is 5.67. The van der Waals surface area contributed by atoms with E-state index in [-0.39, 0.29) is 6.61 Å². The minimum atomic E-state index is -4.40. The third-order valence-corrected chi connectivity index (χ3v) is 1.54. The second-order valence-corrected chi connectivity index (χ2v) is 3.57. The van der Waals surface area contributed by atoms with Gasteiger partial charge in [-0.1, -0.05) is 13.8 Å². The number of ether oxygens (including phenoxy) is 1. The van der Waals surface area contributed by atoms with Crippen LogP contribution in [0.4, 0.5) is 18.0 Å². The van der Waals surface area contributed by atoms with E-state index >= 15 is 0 Å². The van der Waals surface area contributed by atoms with Gasteiger partial charge in [-0.15, -0.1) is 0 Å². The Hall–Kier alpha value is -0.980. The lowest BCUT2D eigenvalue weighted by atomic mass is 10.3. The van der Waals surface area contributed by atoms with Crippen LogP contribution in [0.5, 0.6) is 0 Å². The van der Waals surface area contributed by atoms with Gasteiger partial charge in [-0.3, -0.25) is 0 Å². The van der Waals surface area contributed by atoms with Crippen LogP contribution < -0.4 is 10.6 Å². The Labute approximate surface area is 92.5 Å². The van der Waals surface area contributed by atoms with E-state index in [9.17, 15) is 18.0 Å². The van der Waals surface area contributed by atoms with Gasteiger partial charge in [0, 0.05) is 6.04 Å². The Morgan fingerprint density at radius 1 is 1.38 bits per heavy atom. The Morgan fingerprint density at radius 2 is 2.00 bits per heavy atom. The van der Waals surface area contributed by atoms with Crippen molar-refractivity contribution < 1.29 is 22.7 Å². The zero-order valence-corrected chi connectivity index (χ0v) is 9.36. The van der Waals surface area contributed by atoms with Crippen LogP contribution in [-0.4, -0.2) is 38.0 Å². The van der Waals surface area contributed by atoms with Gasteiger partial charge < -0.3 is 15.4 Å². The van der Waals surface area contributed by atoms with Crippen LogP contribution in [-0.2, 0) is 4.74 Å². The van der Waals surface area contributed by atoms with Crippen LogP contribution >= 0.6 is 0 Å². The molecule has 4 nitrogen and oxygen atoms in total. The summed E-state index contributed by atoms with van der Waals surface area (Å²) in [5.74, 6) is 0. The van der Waals surface area contributed by atoms with Gasteiger partial charge in [0.15, 0.2) is 0 Å². The first-order chi connectivity index (χ1) is 7.31. The standard InChI is InChI=1S/C9H17F3N2O2/c1-7(2)13-4-3-5-16-8(15)14-6-9(10,11)12/h7,13H,3-6H2,1-2H3,(H,14,15). The highest BCUT2D eigenvalue weighted by Crippen LogP contribution is 2.12. The van der Waals surface area contributed by atoms with Gasteiger partial charge >= 0.3 is 12.3 Å². The lowest BCUT2D eigenvalue weighted by molar-refractivity contribution is -0.123. The summed E-state index contributed by atoms with van der Waals surface area (Å²) in [6.07, 6.45) is -4.88. The van der Waals surface area contributed by atoms with Crippen LogP contribution in [0.2, 0.25) is 0 Å². The van der Waals surface area contributed by atoms with Gasteiger partial charge in [-0.25, -0.2) is 4.79 Å².